The van der Waals surface area contributed by atoms with E-state index in [1.54, 1.807) is 7.11 Å². The van der Waals surface area contributed by atoms with E-state index >= 15 is 0 Å². The summed E-state index contributed by atoms with van der Waals surface area (Å²) in [4.78, 5) is 0. The molecule has 0 radical (unpaired) electrons. The molecule has 0 saturated heterocycles. The number of nitrogens with two attached hydrogens (primary N) is 1. The summed E-state index contributed by atoms with van der Waals surface area (Å²) in [6, 6.07) is 13.7. The summed E-state index contributed by atoms with van der Waals surface area (Å²) in [6.45, 7) is 4.53. The van der Waals surface area contributed by atoms with Crippen LogP contribution in [0.5, 0.6) is 11.5 Å². The number of hydrogen-bond acceptors (Lipinski definition) is 3. The van der Waals surface area contributed by atoms with E-state index in [1.165, 1.54) is 0 Å². The maximum Gasteiger partial charge on any atom is 0.125 e. The monoisotopic (exact) mass is 271 g/mol. The summed E-state index contributed by atoms with van der Waals surface area (Å²) < 4.78 is 11.1. The van der Waals surface area contributed by atoms with Gasteiger partial charge in [-0.25, -0.2) is 0 Å². The predicted molar refractivity (Wildman–Crippen MR) is 81.3 cm³/mol. The highest BCUT2D eigenvalue weighted by Crippen LogP contribution is 2.24. The van der Waals surface area contributed by atoms with Crippen LogP contribution in [0.25, 0.3) is 0 Å². The molecule has 0 amide bonds. The Bertz CT molecular complexity index is 561. The van der Waals surface area contributed by atoms with Gasteiger partial charge in [-0.3, -0.25) is 0 Å². The fourth-order valence-electron chi connectivity index (χ4n) is 2.17. The molecule has 0 saturated carbocycles. The standard InChI is InChI=1S/C17H21NO2/c1-12-6-4-7-13(2)17(12)20-11-16(18)14-8-5-9-15(10-14)19-3/h4-10,16H,11,18H2,1-3H3. The fraction of sp³-hybridized carbons (Fsp3) is 0.294. The molecule has 0 aliphatic carbocycles. The number of ether oxygens (including phenoxy) is 2. The van der Waals surface area contributed by atoms with Crippen molar-refractivity contribution in [2.45, 2.75) is 19.9 Å². The van der Waals surface area contributed by atoms with Crippen LogP contribution in [0.2, 0.25) is 0 Å². The van der Waals surface area contributed by atoms with Gasteiger partial charge in [0.05, 0.1) is 13.2 Å². The van der Waals surface area contributed by atoms with Crippen LogP contribution in [-0.4, -0.2) is 13.7 Å². The van der Waals surface area contributed by atoms with E-state index in [0.29, 0.717) is 6.61 Å². The molecule has 0 aromatic heterocycles. The molecular formula is C17H21NO2. The lowest BCUT2D eigenvalue weighted by atomic mass is 10.1. The van der Waals surface area contributed by atoms with Crippen LogP contribution in [0.15, 0.2) is 42.5 Å². The third-order valence-corrected chi connectivity index (χ3v) is 3.34. The van der Waals surface area contributed by atoms with Gasteiger partial charge in [0.2, 0.25) is 0 Å². The van der Waals surface area contributed by atoms with Gasteiger partial charge in [-0.1, -0.05) is 30.3 Å². The second kappa shape index (κ2) is 6.44. The van der Waals surface area contributed by atoms with Crippen molar-refractivity contribution in [1.29, 1.82) is 0 Å². The molecular weight excluding hydrogens is 250 g/mol. The van der Waals surface area contributed by atoms with Gasteiger partial charge in [0, 0.05) is 0 Å². The van der Waals surface area contributed by atoms with Crippen LogP contribution in [0.3, 0.4) is 0 Å². The van der Waals surface area contributed by atoms with Crippen LogP contribution in [0, 0.1) is 13.8 Å². The minimum atomic E-state index is -0.177. The molecule has 2 N–H and O–H groups in total. The Morgan fingerprint density at radius 3 is 2.35 bits per heavy atom. The molecule has 0 heterocycles. The van der Waals surface area contributed by atoms with Gasteiger partial charge in [0.25, 0.3) is 0 Å². The summed E-state index contributed by atoms with van der Waals surface area (Å²) >= 11 is 0. The fourth-order valence-corrected chi connectivity index (χ4v) is 2.17. The molecule has 0 spiro atoms. The molecule has 0 aliphatic rings. The van der Waals surface area contributed by atoms with Crippen molar-refractivity contribution >= 4 is 0 Å². The van der Waals surface area contributed by atoms with Crippen LogP contribution in [-0.2, 0) is 0 Å². The minimum absolute atomic E-state index is 0.177. The summed E-state index contributed by atoms with van der Waals surface area (Å²) in [7, 11) is 1.65. The second-order valence-electron chi connectivity index (χ2n) is 4.92. The van der Waals surface area contributed by atoms with Crippen molar-refractivity contribution in [2.24, 2.45) is 5.73 Å². The molecule has 3 heteroatoms. The number of methoxy groups -OCH3 is 1. The van der Waals surface area contributed by atoms with Gasteiger partial charge in [-0.15, -0.1) is 0 Å². The number of rotatable bonds is 5. The molecule has 3 nitrogen and oxygen atoms in total. The Morgan fingerprint density at radius 1 is 1.05 bits per heavy atom. The highest BCUT2D eigenvalue weighted by atomic mass is 16.5. The van der Waals surface area contributed by atoms with E-state index in [9.17, 15) is 0 Å². The molecule has 1 atom stereocenters. The quantitative estimate of drug-likeness (QED) is 0.906. The number of hydrogen-bond donors (Lipinski definition) is 1. The molecule has 0 aliphatic heterocycles. The molecule has 2 rings (SSSR count). The third kappa shape index (κ3) is 3.31. The van der Waals surface area contributed by atoms with E-state index in [4.69, 9.17) is 15.2 Å². The lowest BCUT2D eigenvalue weighted by molar-refractivity contribution is 0.286. The Balaban J connectivity index is 2.06. The van der Waals surface area contributed by atoms with Gasteiger partial charge < -0.3 is 15.2 Å². The number of aryl methyl sites for hydroxylation is 2. The van der Waals surface area contributed by atoms with Crippen LogP contribution >= 0.6 is 0 Å². The van der Waals surface area contributed by atoms with Gasteiger partial charge in [0.1, 0.15) is 18.1 Å². The SMILES string of the molecule is COc1cccc(C(N)COc2c(C)cccc2C)c1. The average molecular weight is 271 g/mol. The largest absolute Gasteiger partial charge is 0.497 e. The maximum absolute atomic E-state index is 6.19. The molecule has 0 fully saturated rings. The van der Waals surface area contributed by atoms with Crippen molar-refractivity contribution in [1.82, 2.24) is 0 Å². The number of para-hydroxylation sites is 1. The zero-order valence-corrected chi connectivity index (χ0v) is 12.2. The normalized spacial score (nSPS) is 12.0. The maximum atomic E-state index is 6.19. The molecule has 106 valence electrons. The Labute approximate surface area is 120 Å². The molecule has 20 heavy (non-hydrogen) atoms. The van der Waals surface area contributed by atoms with E-state index in [0.717, 1.165) is 28.2 Å². The van der Waals surface area contributed by atoms with Crippen molar-refractivity contribution in [3.8, 4) is 11.5 Å². The molecule has 2 aromatic rings. The summed E-state index contributed by atoms with van der Waals surface area (Å²) in [6.07, 6.45) is 0. The lowest BCUT2D eigenvalue weighted by Crippen LogP contribution is -2.19. The van der Waals surface area contributed by atoms with Crippen molar-refractivity contribution in [3.05, 3.63) is 59.2 Å². The smallest absolute Gasteiger partial charge is 0.125 e. The Morgan fingerprint density at radius 2 is 1.70 bits per heavy atom. The Hall–Kier alpha value is -2.00. The van der Waals surface area contributed by atoms with Crippen LogP contribution in [0.1, 0.15) is 22.7 Å². The predicted octanol–water partition coefficient (Wildman–Crippen LogP) is 3.39. The van der Waals surface area contributed by atoms with E-state index in [1.807, 2.05) is 56.3 Å². The van der Waals surface area contributed by atoms with Crippen molar-refractivity contribution < 1.29 is 9.47 Å². The second-order valence-corrected chi connectivity index (χ2v) is 4.92. The van der Waals surface area contributed by atoms with Crippen LogP contribution < -0.4 is 15.2 Å². The van der Waals surface area contributed by atoms with Gasteiger partial charge in [0.15, 0.2) is 0 Å². The average Bonchev–Trinajstić information content (AvgIpc) is 2.46. The Kier molecular flexibility index (Phi) is 4.64. The zero-order valence-electron chi connectivity index (χ0n) is 12.2. The summed E-state index contributed by atoms with van der Waals surface area (Å²) in [5.74, 6) is 1.73. The van der Waals surface area contributed by atoms with Gasteiger partial charge in [-0.2, -0.15) is 0 Å². The van der Waals surface area contributed by atoms with Crippen molar-refractivity contribution in [2.75, 3.05) is 13.7 Å². The highest BCUT2D eigenvalue weighted by Gasteiger charge is 2.10. The van der Waals surface area contributed by atoms with Crippen molar-refractivity contribution in [3.63, 3.8) is 0 Å². The highest BCUT2D eigenvalue weighted by molar-refractivity contribution is 5.40. The number of benzene rings is 2. The summed E-state index contributed by atoms with van der Waals surface area (Å²) in [5.41, 5.74) is 9.45. The van der Waals surface area contributed by atoms with Crippen LogP contribution in [0.4, 0.5) is 0 Å². The molecule has 0 bridgehead atoms. The molecule has 1 unspecified atom stereocenters. The van der Waals surface area contributed by atoms with E-state index in [-0.39, 0.29) is 6.04 Å². The third-order valence-electron chi connectivity index (χ3n) is 3.34. The lowest BCUT2D eigenvalue weighted by Gasteiger charge is -2.17. The van der Waals surface area contributed by atoms with E-state index < -0.39 is 0 Å². The van der Waals surface area contributed by atoms with Gasteiger partial charge >= 0.3 is 0 Å². The van der Waals surface area contributed by atoms with E-state index in [2.05, 4.69) is 0 Å². The first-order chi connectivity index (χ1) is 9.61. The van der Waals surface area contributed by atoms with Gasteiger partial charge in [-0.05, 0) is 42.7 Å². The zero-order chi connectivity index (χ0) is 14.5. The minimum Gasteiger partial charge on any atom is -0.497 e. The first-order valence-corrected chi connectivity index (χ1v) is 6.70. The molecule has 2 aromatic carbocycles. The first-order valence-electron chi connectivity index (χ1n) is 6.70. The topological polar surface area (TPSA) is 44.5 Å². The first kappa shape index (κ1) is 14.4. The summed E-state index contributed by atoms with van der Waals surface area (Å²) in [5, 5.41) is 0.